The molecule has 0 aliphatic rings. The minimum atomic E-state index is -1.01. The first-order chi connectivity index (χ1) is 12.3. The number of carbonyl (C=O) groups is 3. The van der Waals surface area contributed by atoms with Gasteiger partial charge in [0.15, 0.2) is 0 Å². The van der Waals surface area contributed by atoms with Gasteiger partial charge in [0.2, 0.25) is 0 Å². The fourth-order valence-electron chi connectivity index (χ4n) is 1.91. The van der Waals surface area contributed by atoms with Crippen LogP contribution in [-0.4, -0.2) is 46.9 Å². The zero-order valence-corrected chi connectivity index (χ0v) is 14.7. The number of ether oxygens (including phenoxy) is 3. The average molecular weight is 368 g/mol. The van der Waals surface area contributed by atoms with Crippen LogP contribution in [0.2, 0.25) is 0 Å². The molecule has 142 valence electrons. The summed E-state index contributed by atoms with van der Waals surface area (Å²) in [6, 6.07) is 0.971. The number of rotatable bonds is 8. The molecule has 0 radical (unpaired) electrons. The highest BCUT2D eigenvalue weighted by Gasteiger charge is 2.20. The third-order valence-electron chi connectivity index (χ3n) is 2.95. The molecule has 0 N–H and O–H groups in total. The molecule has 1 aromatic rings. The minimum absolute atomic E-state index is 0.00376. The van der Waals surface area contributed by atoms with Crippen LogP contribution < -0.4 is 11.2 Å². The Labute approximate surface area is 148 Å². The highest BCUT2D eigenvalue weighted by atomic mass is 16.5. The molecule has 26 heavy (non-hydrogen) atoms. The summed E-state index contributed by atoms with van der Waals surface area (Å²) in [7, 11) is 0. The second-order valence-electron chi connectivity index (χ2n) is 4.70. The Hall–Kier alpha value is -3.17. The van der Waals surface area contributed by atoms with Crippen LogP contribution in [0.25, 0.3) is 5.70 Å². The lowest BCUT2D eigenvalue weighted by atomic mass is 10.3. The fourth-order valence-corrected chi connectivity index (χ4v) is 1.91. The minimum Gasteiger partial charge on any atom is -0.465 e. The Morgan fingerprint density at radius 1 is 1.00 bits per heavy atom. The fraction of sp³-hybridized carbons (Fsp3) is 0.438. The van der Waals surface area contributed by atoms with Crippen molar-refractivity contribution < 1.29 is 28.6 Å². The van der Waals surface area contributed by atoms with Crippen LogP contribution in [0.4, 0.5) is 0 Å². The molecule has 0 unspecified atom stereocenters. The van der Waals surface area contributed by atoms with Crippen molar-refractivity contribution in [2.45, 2.75) is 27.3 Å². The van der Waals surface area contributed by atoms with Gasteiger partial charge in [-0.15, -0.1) is 0 Å². The van der Waals surface area contributed by atoms with Gasteiger partial charge in [-0.05, 0) is 20.8 Å². The Balaban J connectivity index is 3.45. The van der Waals surface area contributed by atoms with Gasteiger partial charge in [-0.25, -0.2) is 19.0 Å². The van der Waals surface area contributed by atoms with Crippen LogP contribution >= 0.6 is 0 Å². The Kier molecular flexibility index (Phi) is 8.00. The van der Waals surface area contributed by atoms with Gasteiger partial charge in [0.1, 0.15) is 12.2 Å². The maximum absolute atomic E-state index is 12.5. The summed E-state index contributed by atoms with van der Waals surface area (Å²) in [5.41, 5.74) is -2.22. The number of hydrogen-bond acceptors (Lipinski definition) is 8. The lowest BCUT2D eigenvalue weighted by Gasteiger charge is -2.12. The smallest absolute Gasteiger partial charge is 0.355 e. The molecule has 1 rings (SSSR count). The summed E-state index contributed by atoms with van der Waals surface area (Å²) in [6.07, 6.45) is 1.79. The van der Waals surface area contributed by atoms with Gasteiger partial charge < -0.3 is 14.2 Å². The molecule has 0 fully saturated rings. The van der Waals surface area contributed by atoms with Crippen molar-refractivity contribution in [3.63, 3.8) is 0 Å². The molecule has 0 aliphatic heterocycles. The van der Waals surface area contributed by atoms with Crippen LogP contribution in [-0.2, 0) is 35.1 Å². The van der Waals surface area contributed by atoms with Crippen molar-refractivity contribution in [2.75, 3.05) is 19.8 Å². The lowest BCUT2D eigenvalue weighted by Crippen LogP contribution is -2.41. The van der Waals surface area contributed by atoms with Crippen molar-refractivity contribution in [2.24, 2.45) is 0 Å². The van der Waals surface area contributed by atoms with Crippen molar-refractivity contribution in [1.82, 2.24) is 9.13 Å². The summed E-state index contributed by atoms with van der Waals surface area (Å²) in [6.45, 7) is 4.18. The van der Waals surface area contributed by atoms with Crippen LogP contribution in [0, 0.1) is 0 Å². The molecule has 10 heteroatoms. The van der Waals surface area contributed by atoms with E-state index in [0.717, 1.165) is 22.9 Å². The number of nitrogens with zero attached hydrogens (tertiary/aromatic N) is 2. The molecule has 0 aliphatic carbocycles. The normalized spacial score (nSPS) is 11.0. The Morgan fingerprint density at radius 3 is 2.19 bits per heavy atom. The van der Waals surface area contributed by atoms with Gasteiger partial charge in [-0.3, -0.25) is 14.2 Å². The van der Waals surface area contributed by atoms with Crippen LogP contribution in [0.5, 0.6) is 0 Å². The van der Waals surface area contributed by atoms with Crippen molar-refractivity contribution in [1.29, 1.82) is 0 Å². The maximum Gasteiger partial charge on any atom is 0.355 e. The SMILES string of the molecule is CCOC(=O)/C=C(\C(=O)OCC)n1ccc(=O)n(CC(=O)OCC)c1=O. The molecule has 0 atom stereocenters. The van der Waals surface area contributed by atoms with Gasteiger partial charge >= 0.3 is 23.6 Å². The molecule has 0 saturated heterocycles. The molecule has 0 spiro atoms. The monoisotopic (exact) mass is 368 g/mol. The molecule has 0 aromatic carbocycles. The zero-order valence-electron chi connectivity index (χ0n) is 14.7. The predicted octanol–water partition coefficient (Wildman–Crippen LogP) is -0.460. The van der Waals surface area contributed by atoms with Gasteiger partial charge in [-0.2, -0.15) is 0 Å². The molecule has 0 amide bonds. The third-order valence-corrected chi connectivity index (χ3v) is 2.95. The van der Waals surface area contributed by atoms with E-state index in [1.54, 1.807) is 20.8 Å². The second-order valence-corrected chi connectivity index (χ2v) is 4.70. The summed E-state index contributed by atoms with van der Waals surface area (Å²) in [5.74, 6) is -2.63. The molecular formula is C16H20N2O8. The maximum atomic E-state index is 12.5. The third kappa shape index (κ3) is 5.43. The van der Waals surface area contributed by atoms with E-state index in [1.165, 1.54) is 0 Å². The second kappa shape index (κ2) is 9.97. The van der Waals surface area contributed by atoms with E-state index in [9.17, 15) is 24.0 Å². The van der Waals surface area contributed by atoms with Gasteiger partial charge in [0.25, 0.3) is 5.56 Å². The first-order valence-electron chi connectivity index (χ1n) is 7.89. The first-order valence-corrected chi connectivity index (χ1v) is 7.89. The predicted molar refractivity (Wildman–Crippen MR) is 89.1 cm³/mol. The average Bonchev–Trinajstić information content (AvgIpc) is 2.58. The quantitative estimate of drug-likeness (QED) is 0.343. The highest BCUT2D eigenvalue weighted by Crippen LogP contribution is 2.05. The van der Waals surface area contributed by atoms with E-state index < -0.39 is 41.4 Å². The van der Waals surface area contributed by atoms with Crippen LogP contribution in [0.15, 0.2) is 27.9 Å². The standard InChI is InChI=1S/C16H20N2O8/c1-4-24-13(20)9-11(15(22)26-6-3)17-8-7-12(19)18(16(17)23)10-14(21)25-5-2/h7-9H,4-6,10H2,1-3H3/b11-9+. The largest absolute Gasteiger partial charge is 0.465 e. The molecule has 0 bridgehead atoms. The summed E-state index contributed by atoms with van der Waals surface area (Å²) in [4.78, 5) is 59.8. The van der Waals surface area contributed by atoms with E-state index >= 15 is 0 Å². The molecular weight excluding hydrogens is 348 g/mol. The lowest BCUT2D eigenvalue weighted by molar-refractivity contribution is -0.144. The first kappa shape index (κ1) is 20.9. The zero-order chi connectivity index (χ0) is 19.7. The van der Waals surface area contributed by atoms with E-state index in [1.807, 2.05) is 0 Å². The topological polar surface area (TPSA) is 123 Å². The molecule has 1 aromatic heterocycles. The van der Waals surface area contributed by atoms with Gasteiger partial charge in [-0.1, -0.05) is 0 Å². The van der Waals surface area contributed by atoms with Gasteiger partial charge in [0, 0.05) is 12.3 Å². The van der Waals surface area contributed by atoms with Crippen molar-refractivity contribution in [3.8, 4) is 0 Å². The van der Waals surface area contributed by atoms with Crippen LogP contribution in [0.3, 0.4) is 0 Å². The van der Waals surface area contributed by atoms with E-state index in [4.69, 9.17) is 14.2 Å². The van der Waals surface area contributed by atoms with E-state index in [2.05, 4.69) is 0 Å². The number of aromatic nitrogens is 2. The molecule has 0 saturated carbocycles. The molecule has 1 heterocycles. The van der Waals surface area contributed by atoms with Crippen molar-refractivity contribution >= 4 is 23.6 Å². The van der Waals surface area contributed by atoms with E-state index in [0.29, 0.717) is 4.57 Å². The Morgan fingerprint density at radius 2 is 1.62 bits per heavy atom. The number of esters is 3. The summed E-state index contributed by atoms with van der Waals surface area (Å²) >= 11 is 0. The summed E-state index contributed by atoms with van der Waals surface area (Å²) in [5, 5.41) is 0. The van der Waals surface area contributed by atoms with Crippen LogP contribution in [0.1, 0.15) is 20.8 Å². The van der Waals surface area contributed by atoms with Gasteiger partial charge in [0.05, 0.1) is 25.9 Å². The number of carbonyl (C=O) groups excluding carboxylic acids is 3. The highest BCUT2D eigenvalue weighted by molar-refractivity contribution is 6.14. The Bertz CT molecular complexity index is 818. The molecule has 10 nitrogen and oxygen atoms in total. The summed E-state index contributed by atoms with van der Waals surface area (Å²) < 4.78 is 15.6. The van der Waals surface area contributed by atoms with E-state index in [-0.39, 0.29) is 19.8 Å². The van der Waals surface area contributed by atoms with Crippen molar-refractivity contribution in [3.05, 3.63) is 39.2 Å². The number of hydrogen-bond donors (Lipinski definition) is 0.